The van der Waals surface area contributed by atoms with Gasteiger partial charge in [0.25, 0.3) is 5.56 Å². The van der Waals surface area contributed by atoms with Crippen molar-refractivity contribution in [3.63, 3.8) is 0 Å². The number of aliphatic hydroxyl groups is 7. The highest BCUT2D eigenvalue weighted by Crippen LogP contribution is 2.37. The van der Waals surface area contributed by atoms with E-state index in [1.165, 1.54) is 64.7 Å². The van der Waals surface area contributed by atoms with E-state index in [1.54, 1.807) is 6.92 Å². The summed E-state index contributed by atoms with van der Waals surface area (Å²) in [6, 6.07) is -1.75. The average Bonchev–Trinajstić information content (AvgIpc) is 3.53. The van der Waals surface area contributed by atoms with Crippen molar-refractivity contribution in [2.75, 3.05) is 6.61 Å². The fourth-order valence-corrected chi connectivity index (χ4v) is 8.64. The lowest BCUT2D eigenvalue weighted by Crippen LogP contribution is -2.68. The number of rotatable bonds is 25. The molecule has 0 spiro atoms. The number of aromatic nitrogens is 2. The summed E-state index contributed by atoms with van der Waals surface area (Å²) in [5, 5.41) is 81.2. The molecule has 3 aliphatic rings. The van der Waals surface area contributed by atoms with Crippen molar-refractivity contribution in [2.24, 2.45) is 11.8 Å². The molecule has 4 heterocycles. The highest BCUT2D eigenvalue weighted by Gasteiger charge is 2.53. The van der Waals surface area contributed by atoms with E-state index < -0.39 is 121 Å². The van der Waals surface area contributed by atoms with Gasteiger partial charge in [-0.3, -0.25) is 23.9 Å². The van der Waals surface area contributed by atoms with Gasteiger partial charge in [0.15, 0.2) is 18.8 Å². The Morgan fingerprint density at radius 3 is 1.82 bits per heavy atom. The Bertz CT molecular complexity index is 1610. The number of aromatic amines is 1. The molecule has 0 aliphatic carbocycles. The lowest BCUT2D eigenvalue weighted by Gasteiger charge is -2.47. The molecule has 3 aliphatic heterocycles. The molecular formula is C43H74N4O15. The number of H-pyrrole nitrogens is 1. The summed E-state index contributed by atoms with van der Waals surface area (Å²) in [4.78, 5) is 51.6. The maximum absolute atomic E-state index is 13.3. The minimum atomic E-state index is -1.71. The predicted octanol–water partition coefficient (Wildman–Crippen LogP) is 0.581. The van der Waals surface area contributed by atoms with Crippen LogP contribution in [0.25, 0.3) is 0 Å². The van der Waals surface area contributed by atoms with Crippen molar-refractivity contribution in [3.05, 3.63) is 33.1 Å². The van der Waals surface area contributed by atoms with E-state index in [0.717, 1.165) is 48.4 Å². The molecule has 1 aromatic rings. The lowest BCUT2D eigenvalue weighted by atomic mass is 9.87. The van der Waals surface area contributed by atoms with Crippen molar-refractivity contribution in [2.45, 2.75) is 216 Å². The minimum Gasteiger partial charge on any atom is -0.394 e. The van der Waals surface area contributed by atoms with Crippen LogP contribution in [0.5, 0.6) is 0 Å². The largest absolute Gasteiger partial charge is 0.394 e. The summed E-state index contributed by atoms with van der Waals surface area (Å²) in [5.74, 6) is -0.985. The second-order valence-corrected chi connectivity index (χ2v) is 17.7. The first-order valence-corrected chi connectivity index (χ1v) is 22.8. The van der Waals surface area contributed by atoms with Crippen molar-refractivity contribution in [1.29, 1.82) is 0 Å². The topological polar surface area (TPSA) is 292 Å². The summed E-state index contributed by atoms with van der Waals surface area (Å²) in [7, 11) is 0. The number of unbranched alkanes of at least 4 members (excludes halogenated alkanes) is 11. The number of nitrogens with zero attached hydrogens (tertiary/aromatic N) is 1. The third-order valence-corrected chi connectivity index (χ3v) is 12.7. The first-order valence-electron chi connectivity index (χ1n) is 22.8. The molecule has 0 radical (unpaired) electrons. The number of ether oxygens (including phenoxy) is 4. The number of hydrogen-bond donors (Lipinski definition) is 10. The first-order chi connectivity index (χ1) is 29.6. The standard InChI is InChI=1S/C43H74N4O15/c1-5-24(2)18-16-14-12-10-8-6-7-9-11-13-15-17-19-29(50)45-32-36(55)33(52)27(59-42(32)62-41-31(44-26(4)49)35(54)34(53)28(23-48)60-41)22-25(3)39-37(56)38(57)40(61-39)47-21-20-30(51)46-43(47)58/h20-21,24-25,27-28,31-42,48,52-57H,5-19,22-23H2,1-4H3,(H,44,49)(H,45,50)(H,46,51,58)/t24?,25-,27-,28+,31-,32-,33+,34+,35-,36-,37+,38-,39-,40-,41+,42+/m1/s1. The molecular weight excluding hydrogens is 812 g/mol. The Hall–Kier alpha value is -2.82. The van der Waals surface area contributed by atoms with E-state index in [-0.39, 0.29) is 12.8 Å². The summed E-state index contributed by atoms with van der Waals surface area (Å²) < 4.78 is 24.9. The van der Waals surface area contributed by atoms with Crippen LogP contribution in [0, 0.1) is 11.8 Å². The van der Waals surface area contributed by atoms with Crippen molar-refractivity contribution >= 4 is 11.8 Å². The van der Waals surface area contributed by atoms with Crippen molar-refractivity contribution < 1.29 is 64.3 Å². The zero-order valence-electron chi connectivity index (χ0n) is 36.8. The maximum Gasteiger partial charge on any atom is 0.330 e. The van der Waals surface area contributed by atoms with Gasteiger partial charge in [0.05, 0.1) is 18.8 Å². The van der Waals surface area contributed by atoms with Crippen LogP contribution < -0.4 is 21.9 Å². The third-order valence-electron chi connectivity index (χ3n) is 12.7. The van der Waals surface area contributed by atoms with Crippen molar-refractivity contribution in [3.8, 4) is 0 Å². The number of carbonyl (C=O) groups excluding carboxylic acids is 2. The van der Waals surface area contributed by atoms with Crippen LogP contribution in [-0.4, -0.2) is 143 Å². The molecule has 1 aromatic heterocycles. The molecule has 19 heteroatoms. The quantitative estimate of drug-likeness (QED) is 0.0601. The molecule has 356 valence electrons. The zero-order valence-corrected chi connectivity index (χ0v) is 36.8. The Balaban J connectivity index is 1.36. The van der Waals surface area contributed by atoms with E-state index in [1.807, 2.05) is 0 Å². The molecule has 3 saturated heterocycles. The number of hydrogen-bond acceptors (Lipinski definition) is 15. The Morgan fingerprint density at radius 1 is 0.742 bits per heavy atom. The van der Waals surface area contributed by atoms with E-state index in [2.05, 4.69) is 29.5 Å². The van der Waals surface area contributed by atoms with E-state index >= 15 is 0 Å². The van der Waals surface area contributed by atoms with Crippen LogP contribution >= 0.6 is 0 Å². The fourth-order valence-electron chi connectivity index (χ4n) is 8.64. The van der Waals surface area contributed by atoms with E-state index in [9.17, 15) is 54.9 Å². The minimum absolute atomic E-state index is 0.105. The van der Waals surface area contributed by atoms with Gasteiger partial charge in [0.1, 0.15) is 54.8 Å². The SMILES string of the molecule is CCC(C)CCCCCCCCCCCCCCC(=O)N[C@H]1[C@H](O[C@@H]2O[C@@H](CO)[C@H](O)[C@H](O)[C@H]2NC(C)=O)O[C@H](C[C@@H](C)[C@H]2O[C@@H](n3ccc(=O)[nH]c3=O)[C@H](O)[C@@H]2O)[C@H](O)[C@@H]1O. The highest BCUT2D eigenvalue weighted by molar-refractivity contribution is 5.76. The second kappa shape index (κ2) is 25.6. The molecule has 10 N–H and O–H groups in total. The van der Waals surface area contributed by atoms with Crippen LogP contribution in [0.4, 0.5) is 0 Å². The third kappa shape index (κ3) is 14.6. The maximum atomic E-state index is 13.3. The Morgan fingerprint density at radius 2 is 1.27 bits per heavy atom. The first kappa shape index (κ1) is 51.8. The molecule has 3 fully saturated rings. The fraction of sp³-hybridized carbons (Fsp3) is 0.860. The number of aliphatic hydroxyl groups excluding tert-OH is 7. The lowest BCUT2D eigenvalue weighted by molar-refractivity contribution is -0.346. The van der Waals surface area contributed by atoms with Crippen LogP contribution in [0.3, 0.4) is 0 Å². The van der Waals surface area contributed by atoms with Gasteiger partial charge in [-0.25, -0.2) is 4.79 Å². The van der Waals surface area contributed by atoms with Gasteiger partial charge < -0.3 is 65.3 Å². The molecule has 16 atom stereocenters. The average molecular weight is 887 g/mol. The van der Waals surface area contributed by atoms with Crippen LogP contribution in [-0.2, 0) is 28.5 Å². The van der Waals surface area contributed by atoms with Crippen molar-refractivity contribution in [1.82, 2.24) is 20.2 Å². The van der Waals surface area contributed by atoms with Crippen LogP contribution in [0.1, 0.15) is 137 Å². The number of amides is 2. The molecule has 0 saturated carbocycles. The predicted molar refractivity (Wildman–Crippen MR) is 224 cm³/mol. The molecule has 2 amide bonds. The summed E-state index contributed by atoms with van der Waals surface area (Å²) in [5.41, 5.74) is -1.54. The molecule has 62 heavy (non-hydrogen) atoms. The number of nitrogens with one attached hydrogen (secondary N) is 3. The molecule has 4 rings (SSSR count). The zero-order chi connectivity index (χ0) is 45.5. The van der Waals surface area contributed by atoms with Gasteiger partial charge in [-0.05, 0) is 24.7 Å². The van der Waals surface area contributed by atoms with Gasteiger partial charge in [-0.2, -0.15) is 0 Å². The molecule has 19 nitrogen and oxygen atoms in total. The molecule has 0 aromatic carbocycles. The monoisotopic (exact) mass is 887 g/mol. The molecule has 1 unspecified atom stereocenters. The van der Waals surface area contributed by atoms with Crippen LogP contribution in [0.2, 0.25) is 0 Å². The Kier molecular flexibility index (Phi) is 21.4. The Labute approximate surface area is 363 Å². The smallest absolute Gasteiger partial charge is 0.330 e. The second-order valence-electron chi connectivity index (χ2n) is 17.7. The molecule has 0 bridgehead atoms. The van der Waals surface area contributed by atoms with Crippen LogP contribution in [0.15, 0.2) is 21.9 Å². The summed E-state index contributed by atoms with van der Waals surface area (Å²) >= 11 is 0. The summed E-state index contributed by atoms with van der Waals surface area (Å²) in [6.45, 7) is 6.61. The highest BCUT2D eigenvalue weighted by atomic mass is 16.8. The van der Waals surface area contributed by atoms with Gasteiger partial charge in [0.2, 0.25) is 11.8 Å². The normalized spacial score (nSPS) is 33.5. The summed E-state index contributed by atoms with van der Waals surface area (Å²) in [6.07, 6.45) is -0.986. The number of carbonyl (C=O) groups is 2. The van der Waals surface area contributed by atoms with Gasteiger partial charge in [0, 0.05) is 25.6 Å². The van der Waals surface area contributed by atoms with Gasteiger partial charge >= 0.3 is 5.69 Å². The van der Waals surface area contributed by atoms with Gasteiger partial charge in [-0.1, -0.05) is 104 Å². The van der Waals surface area contributed by atoms with E-state index in [4.69, 9.17) is 18.9 Å². The van der Waals surface area contributed by atoms with Gasteiger partial charge in [-0.15, -0.1) is 0 Å². The van der Waals surface area contributed by atoms with E-state index in [0.29, 0.717) is 6.42 Å².